The molecule has 1 aliphatic rings. The van der Waals surface area contributed by atoms with Gasteiger partial charge in [-0.15, -0.1) is 0 Å². The fourth-order valence-electron chi connectivity index (χ4n) is 2.40. The fourth-order valence-corrected chi connectivity index (χ4v) is 2.40. The summed E-state index contributed by atoms with van der Waals surface area (Å²) in [6, 6.07) is 2.09. The zero-order valence-electron chi connectivity index (χ0n) is 9.45. The Kier molecular flexibility index (Phi) is 2.01. The van der Waals surface area contributed by atoms with Gasteiger partial charge in [-0.25, -0.2) is 9.97 Å². The largest absolute Gasteiger partial charge is 0.340 e. The minimum Gasteiger partial charge on any atom is -0.340 e. The van der Waals surface area contributed by atoms with E-state index in [1.54, 1.807) is 0 Å². The molecule has 1 saturated carbocycles. The van der Waals surface area contributed by atoms with E-state index in [-0.39, 0.29) is 5.41 Å². The maximum Gasteiger partial charge on any atom is 0.177 e. The number of rotatable bonds is 2. The van der Waals surface area contributed by atoms with Gasteiger partial charge in [-0.1, -0.05) is 6.42 Å². The van der Waals surface area contributed by atoms with Crippen LogP contribution >= 0.6 is 0 Å². The maximum absolute atomic E-state index is 5.87. The molecule has 2 heterocycles. The molecule has 4 heteroatoms. The lowest BCUT2D eigenvalue weighted by atomic mass is 9.68. The summed E-state index contributed by atoms with van der Waals surface area (Å²) >= 11 is 0. The number of aromatic amines is 1. The van der Waals surface area contributed by atoms with E-state index in [1.165, 1.54) is 6.42 Å². The second kappa shape index (κ2) is 3.28. The van der Waals surface area contributed by atoms with Crippen LogP contribution in [0.3, 0.4) is 0 Å². The van der Waals surface area contributed by atoms with Crippen LogP contribution in [0.2, 0.25) is 0 Å². The van der Waals surface area contributed by atoms with Crippen molar-refractivity contribution in [1.29, 1.82) is 0 Å². The van der Waals surface area contributed by atoms with Crippen LogP contribution in [0.1, 0.15) is 30.7 Å². The lowest BCUT2D eigenvalue weighted by molar-refractivity contribution is 0.240. The van der Waals surface area contributed by atoms with Gasteiger partial charge >= 0.3 is 0 Å². The second-order valence-electron chi connectivity index (χ2n) is 4.81. The molecule has 0 spiro atoms. The highest BCUT2D eigenvalue weighted by Gasteiger charge is 2.40. The van der Waals surface area contributed by atoms with Crippen LogP contribution in [0.5, 0.6) is 0 Å². The fraction of sp³-hybridized carbons (Fsp3) is 0.500. The third kappa shape index (κ3) is 1.26. The summed E-state index contributed by atoms with van der Waals surface area (Å²) in [5, 5.41) is 0. The van der Waals surface area contributed by atoms with Crippen LogP contribution in [-0.4, -0.2) is 21.5 Å². The Hall–Kier alpha value is -1.42. The molecule has 0 amide bonds. The quantitative estimate of drug-likeness (QED) is 0.802. The average Bonchev–Trinajstić information content (AvgIpc) is 2.60. The molecular weight excluding hydrogens is 200 g/mol. The van der Waals surface area contributed by atoms with E-state index in [4.69, 9.17) is 5.73 Å². The van der Waals surface area contributed by atoms with Gasteiger partial charge in [-0.3, -0.25) is 0 Å². The molecule has 0 bridgehead atoms. The first-order valence-corrected chi connectivity index (χ1v) is 5.76. The second-order valence-corrected chi connectivity index (χ2v) is 4.81. The van der Waals surface area contributed by atoms with E-state index in [1.807, 2.05) is 13.1 Å². The molecule has 0 radical (unpaired) electrons. The van der Waals surface area contributed by atoms with Gasteiger partial charge < -0.3 is 10.7 Å². The van der Waals surface area contributed by atoms with Crippen LogP contribution in [0.4, 0.5) is 0 Å². The van der Waals surface area contributed by atoms with Crippen molar-refractivity contribution in [2.75, 3.05) is 6.54 Å². The molecule has 0 aromatic carbocycles. The highest BCUT2D eigenvalue weighted by atomic mass is 15.0. The molecule has 0 unspecified atom stereocenters. The number of nitrogens with zero attached hydrogens (tertiary/aromatic N) is 2. The van der Waals surface area contributed by atoms with Gasteiger partial charge in [0.05, 0.1) is 5.52 Å². The van der Waals surface area contributed by atoms with Gasteiger partial charge in [-0.2, -0.15) is 0 Å². The lowest BCUT2D eigenvalue weighted by Crippen LogP contribution is -2.42. The van der Waals surface area contributed by atoms with Crippen LogP contribution in [0.15, 0.2) is 12.3 Å². The van der Waals surface area contributed by atoms with Crippen molar-refractivity contribution >= 4 is 11.2 Å². The minimum atomic E-state index is 0.0919. The summed E-state index contributed by atoms with van der Waals surface area (Å²) in [6.07, 6.45) is 5.38. The van der Waals surface area contributed by atoms with Crippen LogP contribution < -0.4 is 5.73 Å². The number of pyridine rings is 1. The summed E-state index contributed by atoms with van der Waals surface area (Å²) < 4.78 is 0. The van der Waals surface area contributed by atoms with Gasteiger partial charge in [0.1, 0.15) is 5.82 Å². The Balaban J connectivity index is 2.11. The maximum atomic E-state index is 5.87. The number of nitrogens with one attached hydrogen (secondary N) is 1. The zero-order valence-corrected chi connectivity index (χ0v) is 9.45. The van der Waals surface area contributed by atoms with E-state index in [0.717, 1.165) is 35.4 Å². The summed E-state index contributed by atoms with van der Waals surface area (Å²) in [5.74, 6) is 1.02. The predicted octanol–water partition coefficient (Wildman–Crippen LogP) is 1.65. The van der Waals surface area contributed by atoms with Crippen molar-refractivity contribution in [3.05, 3.63) is 23.7 Å². The first kappa shape index (κ1) is 9.78. The molecule has 16 heavy (non-hydrogen) atoms. The van der Waals surface area contributed by atoms with Gasteiger partial charge in [0, 0.05) is 18.2 Å². The molecule has 84 valence electrons. The number of hydrogen-bond acceptors (Lipinski definition) is 3. The van der Waals surface area contributed by atoms with E-state index in [2.05, 4.69) is 21.0 Å². The van der Waals surface area contributed by atoms with Crippen molar-refractivity contribution in [2.24, 2.45) is 5.73 Å². The van der Waals surface area contributed by atoms with E-state index < -0.39 is 0 Å². The Labute approximate surface area is 94.3 Å². The molecule has 1 aliphatic carbocycles. The van der Waals surface area contributed by atoms with Crippen molar-refractivity contribution in [1.82, 2.24) is 15.0 Å². The molecule has 3 rings (SSSR count). The van der Waals surface area contributed by atoms with Crippen molar-refractivity contribution in [3.8, 4) is 0 Å². The van der Waals surface area contributed by atoms with Crippen LogP contribution in [0, 0.1) is 6.92 Å². The topological polar surface area (TPSA) is 67.6 Å². The standard InChI is InChI=1S/C12H16N4/c1-8-5-9-10(14-6-8)16-11(15-9)12(7-13)3-2-4-12/h5-6H,2-4,7,13H2,1H3,(H,14,15,16). The average molecular weight is 216 g/mol. The Bertz CT molecular complexity index is 519. The summed E-state index contributed by atoms with van der Waals surface area (Å²) in [6.45, 7) is 2.71. The third-order valence-electron chi connectivity index (χ3n) is 3.68. The molecule has 2 aromatic heterocycles. The van der Waals surface area contributed by atoms with Crippen molar-refractivity contribution in [3.63, 3.8) is 0 Å². The molecule has 3 N–H and O–H groups in total. The van der Waals surface area contributed by atoms with Crippen molar-refractivity contribution < 1.29 is 0 Å². The molecule has 4 nitrogen and oxygen atoms in total. The van der Waals surface area contributed by atoms with Gasteiger partial charge in [0.15, 0.2) is 5.65 Å². The Morgan fingerprint density at radius 2 is 2.31 bits per heavy atom. The Morgan fingerprint density at radius 3 is 2.94 bits per heavy atom. The first-order chi connectivity index (χ1) is 7.73. The van der Waals surface area contributed by atoms with Gasteiger partial charge in [-0.05, 0) is 31.4 Å². The lowest BCUT2D eigenvalue weighted by Gasteiger charge is -2.38. The summed E-state index contributed by atoms with van der Waals surface area (Å²) in [7, 11) is 0. The normalized spacial score (nSPS) is 18.6. The van der Waals surface area contributed by atoms with E-state index in [0.29, 0.717) is 6.54 Å². The highest BCUT2D eigenvalue weighted by molar-refractivity contribution is 5.71. The van der Waals surface area contributed by atoms with Crippen LogP contribution in [-0.2, 0) is 5.41 Å². The number of imidazole rings is 1. The molecule has 1 fully saturated rings. The third-order valence-corrected chi connectivity index (χ3v) is 3.68. The van der Waals surface area contributed by atoms with Crippen LogP contribution in [0.25, 0.3) is 11.2 Å². The number of nitrogens with two attached hydrogens (primary N) is 1. The molecule has 0 aliphatic heterocycles. The predicted molar refractivity (Wildman–Crippen MR) is 63.2 cm³/mol. The van der Waals surface area contributed by atoms with E-state index >= 15 is 0 Å². The molecule has 2 aromatic rings. The number of fused-ring (bicyclic) bond motifs is 1. The minimum absolute atomic E-state index is 0.0919. The number of hydrogen-bond donors (Lipinski definition) is 2. The molecule has 0 atom stereocenters. The molecule has 0 saturated heterocycles. The highest BCUT2D eigenvalue weighted by Crippen LogP contribution is 2.41. The molecular formula is C12H16N4. The number of H-pyrrole nitrogens is 1. The van der Waals surface area contributed by atoms with E-state index in [9.17, 15) is 0 Å². The first-order valence-electron chi connectivity index (χ1n) is 5.76. The summed E-state index contributed by atoms with van der Waals surface area (Å²) in [5.41, 5.74) is 8.94. The monoisotopic (exact) mass is 216 g/mol. The Morgan fingerprint density at radius 1 is 1.50 bits per heavy atom. The van der Waals surface area contributed by atoms with Gasteiger partial charge in [0.25, 0.3) is 0 Å². The zero-order chi connectivity index (χ0) is 11.2. The number of aryl methyl sites for hydroxylation is 1. The SMILES string of the molecule is Cc1cnc2nc(C3(CN)CCC3)[nH]c2c1. The van der Waals surface area contributed by atoms with Gasteiger partial charge in [0.2, 0.25) is 0 Å². The summed E-state index contributed by atoms with van der Waals surface area (Å²) in [4.78, 5) is 12.3. The van der Waals surface area contributed by atoms with Crippen molar-refractivity contribution in [2.45, 2.75) is 31.6 Å². The smallest absolute Gasteiger partial charge is 0.177 e. The number of aromatic nitrogens is 3.